The van der Waals surface area contributed by atoms with Gasteiger partial charge >= 0.3 is 0 Å². The second-order valence-corrected chi connectivity index (χ2v) is 8.29. The van der Waals surface area contributed by atoms with E-state index in [0.717, 1.165) is 38.2 Å². The van der Waals surface area contributed by atoms with Crippen LogP contribution in [-0.4, -0.2) is 43.5 Å². The van der Waals surface area contributed by atoms with E-state index in [1.807, 2.05) is 18.7 Å². The molecule has 1 unspecified atom stereocenters. The van der Waals surface area contributed by atoms with Crippen molar-refractivity contribution >= 4 is 11.6 Å². The molecule has 1 saturated carbocycles. The van der Waals surface area contributed by atoms with Gasteiger partial charge in [-0.3, -0.25) is 9.59 Å². The number of benzene rings is 1. The van der Waals surface area contributed by atoms with Gasteiger partial charge in [0.15, 0.2) is 0 Å². The summed E-state index contributed by atoms with van der Waals surface area (Å²) >= 11 is 0. The average Bonchev–Trinajstić information content (AvgIpc) is 3.51. The third-order valence-electron chi connectivity index (χ3n) is 5.80. The van der Waals surface area contributed by atoms with Gasteiger partial charge in [0.1, 0.15) is 17.2 Å². The average molecular weight is 499 g/mol. The molecule has 1 aromatic heterocycles. The third kappa shape index (κ3) is 7.81. The lowest BCUT2D eigenvalue weighted by molar-refractivity contribution is 0.0950. The highest BCUT2D eigenvalue weighted by Crippen LogP contribution is 2.37. The topological polar surface area (TPSA) is 91.2 Å². The quantitative estimate of drug-likeness (QED) is 0.483. The lowest BCUT2D eigenvalue weighted by Gasteiger charge is -2.25. The maximum Gasteiger partial charge on any atom is 0.262 e. The summed E-state index contributed by atoms with van der Waals surface area (Å²) in [4.78, 5) is 30.2. The Morgan fingerprint density at radius 2 is 1.77 bits per heavy atom. The number of halogens is 4. The van der Waals surface area contributed by atoms with Crippen LogP contribution in [0.25, 0.3) is 11.1 Å². The summed E-state index contributed by atoms with van der Waals surface area (Å²) in [5, 5.41) is 2.87. The molecule has 0 spiro atoms. The van der Waals surface area contributed by atoms with E-state index in [0.29, 0.717) is 36.8 Å². The van der Waals surface area contributed by atoms with E-state index in [4.69, 9.17) is 5.73 Å². The molecule has 4 rings (SSSR count). The van der Waals surface area contributed by atoms with Crippen LogP contribution < -0.4 is 21.5 Å². The van der Waals surface area contributed by atoms with Gasteiger partial charge < -0.3 is 20.9 Å². The number of nitrogens with zero attached hydrogens (tertiary/aromatic N) is 1. The summed E-state index contributed by atoms with van der Waals surface area (Å²) in [6.45, 7) is 4.19. The van der Waals surface area contributed by atoms with Crippen LogP contribution in [0.3, 0.4) is 0 Å². The van der Waals surface area contributed by atoms with Crippen LogP contribution in [0.2, 0.25) is 0 Å². The Bertz CT molecular complexity index is 1010. The predicted molar refractivity (Wildman–Crippen MR) is 130 cm³/mol. The molecule has 4 N–H and O–H groups in total. The molecule has 2 aliphatic rings. The van der Waals surface area contributed by atoms with E-state index in [-0.39, 0.29) is 17.2 Å². The number of carbonyl (C=O) groups excluding carboxylic acids is 1. The van der Waals surface area contributed by atoms with Crippen molar-refractivity contribution in [1.82, 2.24) is 10.3 Å². The summed E-state index contributed by atoms with van der Waals surface area (Å²) in [5.74, 6) is -1.48. The lowest BCUT2D eigenvalue weighted by atomic mass is 10.0. The van der Waals surface area contributed by atoms with Gasteiger partial charge in [0.2, 0.25) is 6.93 Å². The molecule has 35 heavy (non-hydrogen) atoms. The minimum absolute atomic E-state index is 0.00328. The first-order valence-electron chi connectivity index (χ1n) is 12.0. The van der Waals surface area contributed by atoms with E-state index in [9.17, 15) is 27.2 Å². The molecule has 1 amide bonds. The largest absolute Gasteiger partial charge is 0.370 e. The fourth-order valence-electron chi connectivity index (χ4n) is 4.15. The zero-order valence-corrected chi connectivity index (χ0v) is 20.2. The van der Waals surface area contributed by atoms with Crippen LogP contribution in [0.4, 0.5) is 23.2 Å². The number of nitrogens with two attached hydrogens (primary N) is 1. The SMILES string of the molecule is CC.FCF.NCCCC1CCN(c2c(-c3cc(F)cc(F)c3)c[nH]c(=O)c2C(=O)NC2CC2)C1. The van der Waals surface area contributed by atoms with Gasteiger partial charge in [-0.05, 0) is 62.3 Å². The van der Waals surface area contributed by atoms with E-state index >= 15 is 0 Å². The zero-order valence-electron chi connectivity index (χ0n) is 20.2. The minimum Gasteiger partial charge on any atom is -0.370 e. The van der Waals surface area contributed by atoms with Crippen molar-refractivity contribution in [2.24, 2.45) is 11.7 Å². The molecule has 2 heterocycles. The van der Waals surface area contributed by atoms with Gasteiger partial charge in [-0.15, -0.1) is 0 Å². The number of amides is 1. The summed E-state index contributed by atoms with van der Waals surface area (Å²) < 4.78 is 47.1. The fourth-order valence-corrected chi connectivity index (χ4v) is 4.15. The van der Waals surface area contributed by atoms with Gasteiger partial charge in [0.25, 0.3) is 11.5 Å². The Morgan fingerprint density at radius 3 is 2.34 bits per heavy atom. The molecule has 6 nitrogen and oxygen atoms in total. The lowest BCUT2D eigenvalue weighted by Crippen LogP contribution is -2.35. The predicted octanol–water partition coefficient (Wildman–Crippen LogP) is 4.69. The maximum absolute atomic E-state index is 13.9. The van der Waals surface area contributed by atoms with Crippen molar-refractivity contribution in [2.45, 2.75) is 52.0 Å². The Morgan fingerprint density at radius 1 is 1.14 bits per heavy atom. The van der Waals surface area contributed by atoms with Crippen molar-refractivity contribution < 1.29 is 22.4 Å². The molecule has 2 aromatic rings. The van der Waals surface area contributed by atoms with Crippen LogP contribution >= 0.6 is 0 Å². The number of nitrogens with one attached hydrogen (secondary N) is 2. The molecule has 1 saturated heterocycles. The molecule has 2 fully saturated rings. The zero-order chi connectivity index (χ0) is 26.0. The first-order chi connectivity index (χ1) is 16.9. The smallest absolute Gasteiger partial charge is 0.262 e. The van der Waals surface area contributed by atoms with E-state index in [1.165, 1.54) is 18.3 Å². The Kier molecular flexibility index (Phi) is 11.2. The van der Waals surface area contributed by atoms with E-state index in [1.54, 1.807) is 0 Å². The monoisotopic (exact) mass is 498 g/mol. The van der Waals surface area contributed by atoms with Crippen LogP contribution in [-0.2, 0) is 0 Å². The molecule has 10 heteroatoms. The number of hydrogen-bond donors (Lipinski definition) is 3. The Labute approximate surface area is 202 Å². The standard InChI is InChI=1S/C22H26F2N4O2.C2H6.CH2F2/c23-15-8-14(9-16(24)10-15)18-11-26-21(29)19(22(30)27-17-3-4-17)20(18)28-7-5-13(12-28)2-1-6-25;1-2;2-1-3/h8-11,13,17H,1-7,12,25H2,(H,26,29)(H,27,30);1-2H3;1H2. The first kappa shape index (κ1) is 28.4. The Hall–Kier alpha value is -2.88. The summed E-state index contributed by atoms with van der Waals surface area (Å²) in [5.41, 5.74) is 6.29. The number of pyridine rings is 1. The van der Waals surface area contributed by atoms with Crippen LogP contribution in [0, 0.1) is 17.6 Å². The highest BCUT2D eigenvalue weighted by atomic mass is 19.3. The molecule has 0 bridgehead atoms. The normalized spacial score (nSPS) is 16.7. The maximum atomic E-state index is 13.9. The summed E-state index contributed by atoms with van der Waals surface area (Å²) in [6.07, 6.45) is 5.99. The molecule has 1 atom stereocenters. The highest BCUT2D eigenvalue weighted by Gasteiger charge is 2.32. The van der Waals surface area contributed by atoms with Crippen molar-refractivity contribution in [1.29, 1.82) is 0 Å². The van der Waals surface area contributed by atoms with Crippen molar-refractivity contribution in [3.63, 3.8) is 0 Å². The number of aromatic amines is 1. The van der Waals surface area contributed by atoms with Crippen LogP contribution in [0.5, 0.6) is 0 Å². The van der Waals surface area contributed by atoms with Crippen LogP contribution in [0.1, 0.15) is 56.3 Å². The Balaban J connectivity index is 0.000000803. The number of H-pyrrole nitrogens is 1. The minimum atomic E-state index is -1.75. The van der Waals surface area contributed by atoms with Gasteiger partial charge in [-0.1, -0.05) is 13.8 Å². The number of aromatic nitrogens is 1. The molecule has 1 aromatic carbocycles. The van der Waals surface area contributed by atoms with Gasteiger partial charge in [-0.2, -0.15) is 0 Å². The second-order valence-electron chi connectivity index (χ2n) is 8.29. The number of anilines is 1. The fraction of sp³-hybridized carbons (Fsp3) is 0.520. The van der Waals surface area contributed by atoms with Gasteiger partial charge in [0, 0.05) is 37.0 Å². The van der Waals surface area contributed by atoms with Crippen molar-refractivity contribution in [2.75, 3.05) is 31.5 Å². The van der Waals surface area contributed by atoms with E-state index < -0.39 is 30.0 Å². The number of rotatable bonds is 7. The van der Waals surface area contributed by atoms with Gasteiger partial charge in [0.05, 0.1) is 5.69 Å². The number of alkyl halides is 2. The molecule has 0 radical (unpaired) electrons. The van der Waals surface area contributed by atoms with Crippen LogP contribution in [0.15, 0.2) is 29.2 Å². The first-order valence-corrected chi connectivity index (χ1v) is 12.0. The summed E-state index contributed by atoms with van der Waals surface area (Å²) in [6, 6.07) is 3.31. The highest BCUT2D eigenvalue weighted by molar-refractivity contribution is 6.03. The summed E-state index contributed by atoms with van der Waals surface area (Å²) in [7, 11) is 0. The molecular weight excluding hydrogens is 464 g/mol. The molecule has 1 aliphatic heterocycles. The van der Waals surface area contributed by atoms with E-state index in [2.05, 4.69) is 10.3 Å². The molecule has 194 valence electrons. The number of hydrogen-bond acceptors (Lipinski definition) is 4. The molecule has 1 aliphatic carbocycles. The van der Waals surface area contributed by atoms with Crippen molar-refractivity contribution in [3.05, 3.63) is 51.9 Å². The number of carbonyl (C=O) groups is 1. The second kappa shape index (κ2) is 13.9. The third-order valence-corrected chi connectivity index (χ3v) is 5.80. The van der Waals surface area contributed by atoms with Crippen molar-refractivity contribution in [3.8, 4) is 11.1 Å². The van der Waals surface area contributed by atoms with Gasteiger partial charge in [-0.25, -0.2) is 17.6 Å². The molecular formula is C25H34F4N4O2.